The number of hydrogen-bond donors (Lipinski definition) is 6. The maximum atomic E-state index is 13.3. The lowest BCUT2D eigenvalue weighted by Crippen LogP contribution is -2.71. The minimum atomic E-state index is -1.82. The van der Waals surface area contributed by atoms with Crippen LogP contribution in [0.15, 0.2) is 22.6 Å². The molecule has 4 heterocycles. The number of carboxylic acids is 2. The standard InChI is InChI=1S/C24H31N11O8S2/c1-4-34-16(26)11(28-12(36)5-6-25)8-33(34)7-10-9-44-20-14(19(38)35(20)15(10)21(39)40)29-18(37)13(17-30-23(27)45-32-17)31-43-24(2,3)22(41)42/h8,14,20,26H,4-7,9,25H2,1-3H3,(H6,27,28,29,30,32,36,37,39,40,41,42)/b31-13-/t14-,20-/m1/s1. The molecule has 4 rings (SSSR count). The number of carboxylic acid groups (broad SMARTS) is 2. The maximum Gasteiger partial charge on any atom is 0.350 e. The zero-order chi connectivity index (χ0) is 33.2. The van der Waals surface area contributed by atoms with Gasteiger partial charge in [-0.05, 0) is 20.8 Å². The van der Waals surface area contributed by atoms with Crippen molar-refractivity contribution in [3.05, 3.63) is 23.3 Å². The van der Waals surface area contributed by atoms with Crippen LogP contribution in [0.25, 0.3) is 0 Å². The van der Waals surface area contributed by atoms with Crippen molar-refractivity contribution >= 4 is 75.3 Å². The molecule has 1 saturated heterocycles. The van der Waals surface area contributed by atoms with Gasteiger partial charge in [-0.1, -0.05) is 5.16 Å². The molecule has 2 aliphatic rings. The molecule has 19 nitrogen and oxygen atoms in total. The summed E-state index contributed by atoms with van der Waals surface area (Å²) >= 11 is 1.95. The third-order valence-corrected chi connectivity index (χ3v) is 8.60. The Kier molecular flexibility index (Phi) is 9.63. The summed E-state index contributed by atoms with van der Waals surface area (Å²) in [4.78, 5) is 72.3. The van der Waals surface area contributed by atoms with Gasteiger partial charge in [0.1, 0.15) is 11.4 Å². The maximum absolute atomic E-state index is 13.3. The Labute approximate surface area is 263 Å². The van der Waals surface area contributed by atoms with Gasteiger partial charge in [0.15, 0.2) is 23.2 Å². The van der Waals surface area contributed by atoms with Crippen molar-refractivity contribution in [2.75, 3.05) is 29.1 Å². The first-order valence-corrected chi connectivity index (χ1v) is 15.2. The number of nitrogen functional groups attached to an aromatic ring is 2. The summed E-state index contributed by atoms with van der Waals surface area (Å²) in [5.74, 6) is -4.89. The highest BCUT2D eigenvalue weighted by Crippen LogP contribution is 2.40. The highest BCUT2D eigenvalue weighted by atomic mass is 32.2. The number of anilines is 3. The first-order chi connectivity index (χ1) is 21.2. The first kappa shape index (κ1) is 33.1. The van der Waals surface area contributed by atoms with Gasteiger partial charge in [0, 0.05) is 35.8 Å². The summed E-state index contributed by atoms with van der Waals surface area (Å²) in [6.45, 7) is 4.75. The van der Waals surface area contributed by atoms with E-state index in [4.69, 9.17) is 22.0 Å². The second-order valence-electron chi connectivity index (χ2n) is 10.2. The van der Waals surface area contributed by atoms with Gasteiger partial charge < -0.3 is 47.7 Å². The van der Waals surface area contributed by atoms with E-state index in [9.17, 15) is 34.2 Å². The Morgan fingerprint density at radius 1 is 1.31 bits per heavy atom. The summed E-state index contributed by atoms with van der Waals surface area (Å²) in [6, 6.07) is -1.18. The summed E-state index contributed by atoms with van der Waals surface area (Å²) in [7, 11) is 0. The average Bonchev–Trinajstić information content (AvgIpc) is 3.52. The van der Waals surface area contributed by atoms with Gasteiger partial charge in [0.25, 0.3) is 11.8 Å². The summed E-state index contributed by atoms with van der Waals surface area (Å²) < 4.78 is 7.16. The molecular weight excluding hydrogens is 634 g/mol. The summed E-state index contributed by atoms with van der Waals surface area (Å²) in [5, 5.41) is 29.6. The number of nitrogens with one attached hydrogen (secondary N) is 2. The van der Waals surface area contributed by atoms with E-state index in [2.05, 4.69) is 25.1 Å². The van der Waals surface area contributed by atoms with Gasteiger partial charge in [-0.2, -0.15) is 9.36 Å². The van der Waals surface area contributed by atoms with Crippen molar-refractivity contribution in [2.45, 2.75) is 57.3 Å². The monoisotopic (exact) mass is 665 g/mol. The van der Waals surface area contributed by atoms with Crippen molar-refractivity contribution in [3.8, 4) is 0 Å². The van der Waals surface area contributed by atoms with E-state index in [1.807, 2.05) is 6.92 Å². The normalized spacial score (nSPS) is 18.3. The average molecular weight is 666 g/mol. The topological polar surface area (TPSA) is 290 Å². The molecule has 242 valence electrons. The molecule has 0 bridgehead atoms. The van der Waals surface area contributed by atoms with Crippen LogP contribution >= 0.6 is 23.3 Å². The lowest BCUT2D eigenvalue weighted by molar-refractivity contribution is -0.767. The van der Waals surface area contributed by atoms with Crippen molar-refractivity contribution in [2.24, 2.45) is 10.9 Å². The van der Waals surface area contributed by atoms with Crippen LogP contribution in [0, 0.1) is 0 Å². The van der Waals surface area contributed by atoms with Crippen LogP contribution in [-0.2, 0) is 41.9 Å². The van der Waals surface area contributed by atoms with Crippen LogP contribution in [0.4, 0.5) is 16.6 Å². The van der Waals surface area contributed by atoms with Crippen molar-refractivity contribution in [1.29, 1.82) is 0 Å². The van der Waals surface area contributed by atoms with E-state index >= 15 is 0 Å². The molecule has 0 aromatic carbocycles. The molecule has 21 heteroatoms. The Morgan fingerprint density at radius 3 is 2.60 bits per heavy atom. The molecule has 0 spiro atoms. The minimum absolute atomic E-state index is 0.000929. The van der Waals surface area contributed by atoms with E-state index < -0.39 is 46.5 Å². The lowest BCUT2D eigenvalue weighted by Gasteiger charge is -2.50. The number of hydrogen-bond acceptors (Lipinski definition) is 15. The molecule has 3 amide bonds. The lowest BCUT2D eigenvalue weighted by atomic mass is 10.0. The van der Waals surface area contributed by atoms with Crippen LogP contribution in [0.1, 0.15) is 33.0 Å². The SMILES string of the molecule is CCn1c(N)c(NC(=O)CCN)c[n+]1CC1=C(C(=O)[O-])N2C(=O)[C@@H](NC(=O)/C(=N\OC(C)(C)C(=O)O)c3nsc(N)n3)[C@H]2SC1. The van der Waals surface area contributed by atoms with Crippen LogP contribution in [0.2, 0.25) is 0 Å². The molecule has 1 fully saturated rings. The fraction of sp³-hybridized carbons (Fsp3) is 0.458. The van der Waals surface area contributed by atoms with Crippen molar-refractivity contribution < 1.29 is 43.7 Å². The quantitative estimate of drug-likeness (QED) is 0.0531. The third kappa shape index (κ3) is 6.68. The van der Waals surface area contributed by atoms with E-state index in [1.54, 1.807) is 15.6 Å². The number of amides is 3. The molecule has 0 unspecified atom stereocenters. The Morgan fingerprint density at radius 2 is 2.02 bits per heavy atom. The second kappa shape index (κ2) is 13.1. The Balaban J connectivity index is 1.57. The number of thioether (sulfide) groups is 1. The largest absolute Gasteiger partial charge is 0.543 e. The Bertz CT molecular complexity index is 1620. The minimum Gasteiger partial charge on any atom is -0.543 e. The number of nitrogens with two attached hydrogens (primary N) is 3. The van der Waals surface area contributed by atoms with Crippen LogP contribution < -0.4 is 37.6 Å². The highest BCUT2D eigenvalue weighted by molar-refractivity contribution is 8.00. The van der Waals surface area contributed by atoms with Crippen LogP contribution in [-0.4, -0.2) is 88.7 Å². The molecule has 2 atom stereocenters. The third-order valence-electron chi connectivity index (χ3n) is 6.72. The Hall–Kier alpha value is -4.76. The van der Waals surface area contributed by atoms with E-state index in [-0.39, 0.29) is 53.6 Å². The number of fused-ring (bicyclic) bond motifs is 1. The van der Waals surface area contributed by atoms with Crippen LogP contribution in [0.5, 0.6) is 0 Å². The van der Waals surface area contributed by atoms with Gasteiger partial charge in [0.05, 0.1) is 18.2 Å². The smallest absolute Gasteiger partial charge is 0.350 e. The molecular formula is C24H31N11O8S2. The number of aliphatic carboxylic acids is 2. The molecule has 9 N–H and O–H groups in total. The molecule has 2 aromatic heterocycles. The van der Waals surface area contributed by atoms with E-state index in [1.165, 1.54) is 25.6 Å². The van der Waals surface area contributed by atoms with Crippen molar-refractivity contribution in [3.63, 3.8) is 0 Å². The molecule has 0 radical (unpaired) electrons. The first-order valence-electron chi connectivity index (χ1n) is 13.4. The summed E-state index contributed by atoms with van der Waals surface area (Å²) in [5.41, 5.74) is 15.2. The fourth-order valence-electron chi connectivity index (χ4n) is 4.40. The highest BCUT2D eigenvalue weighted by Gasteiger charge is 2.53. The zero-order valence-electron chi connectivity index (χ0n) is 24.3. The van der Waals surface area contributed by atoms with E-state index in [0.717, 1.165) is 16.4 Å². The van der Waals surface area contributed by atoms with E-state index in [0.29, 0.717) is 17.8 Å². The zero-order valence-corrected chi connectivity index (χ0v) is 25.9. The molecule has 2 aromatic rings. The number of β-lactam (4-membered cyclic amide) rings is 1. The number of nitrogens with zero attached hydrogens (tertiary/aromatic N) is 6. The van der Waals surface area contributed by atoms with Crippen molar-refractivity contribution in [1.82, 2.24) is 24.3 Å². The number of carbonyl (C=O) groups is 5. The number of oxime groups is 1. The van der Waals surface area contributed by atoms with Gasteiger partial charge >= 0.3 is 5.97 Å². The molecule has 0 aliphatic carbocycles. The van der Waals surface area contributed by atoms with Gasteiger partial charge in [-0.3, -0.25) is 19.3 Å². The molecule has 0 saturated carbocycles. The summed E-state index contributed by atoms with van der Waals surface area (Å²) in [6.07, 6.45) is 1.64. The second-order valence-corrected chi connectivity index (χ2v) is 12.1. The predicted octanol–water partition coefficient (Wildman–Crippen LogP) is -3.21. The predicted molar refractivity (Wildman–Crippen MR) is 158 cm³/mol. The number of carbonyl (C=O) groups excluding carboxylic acids is 4. The van der Waals surface area contributed by atoms with Gasteiger partial charge in [-0.25, -0.2) is 4.79 Å². The van der Waals surface area contributed by atoms with Crippen LogP contribution in [0.3, 0.4) is 0 Å². The number of aromatic nitrogens is 4. The fourth-order valence-corrected chi connectivity index (χ4v) is 6.17. The number of rotatable bonds is 13. The van der Waals surface area contributed by atoms with Gasteiger partial charge in [-0.15, -0.1) is 21.1 Å². The molecule has 2 aliphatic heterocycles. The molecule has 45 heavy (non-hydrogen) atoms. The van der Waals surface area contributed by atoms with Gasteiger partial charge in [0.2, 0.25) is 29.2 Å².